The first-order valence-electron chi connectivity index (χ1n) is 3.94. The van der Waals surface area contributed by atoms with E-state index in [1.54, 1.807) is 4.53 Å². The van der Waals surface area contributed by atoms with Gasteiger partial charge in [0.05, 0.1) is 8.07 Å². The second-order valence-electron chi connectivity index (χ2n) is 3.81. The fourth-order valence-electron chi connectivity index (χ4n) is 1.08. The molecule has 0 aromatic rings. The van der Waals surface area contributed by atoms with Crippen molar-refractivity contribution in [3.8, 4) is 0 Å². The van der Waals surface area contributed by atoms with Crippen molar-refractivity contribution in [2.24, 2.45) is 0 Å². The van der Waals surface area contributed by atoms with Crippen LogP contribution in [0.5, 0.6) is 0 Å². The van der Waals surface area contributed by atoms with Crippen molar-refractivity contribution < 1.29 is 0 Å². The zero-order valence-electron chi connectivity index (χ0n) is 7.11. The molecule has 0 aromatic carbocycles. The second kappa shape index (κ2) is 3.14. The van der Waals surface area contributed by atoms with Gasteiger partial charge in [0, 0.05) is 0 Å². The van der Waals surface area contributed by atoms with Crippen molar-refractivity contribution in [3.63, 3.8) is 0 Å². The van der Waals surface area contributed by atoms with Crippen molar-refractivity contribution in [1.82, 2.24) is 0 Å². The molecule has 10 heavy (non-hydrogen) atoms. The molecule has 2 heteroatoms. The monoisotopic (exact) mass is 172 g/mol. The van der Waals surface area contributed by atoms with Crippen LogP contribution in [0.2, 0.25) is 19.6 Å². The van der Waals surface area contributed by atoms with Crippen LogP contribution in [0.1, 0.15) is 12.8 Å². The molecule has 1 rings (SSSR count). The zero-order chi connectivity index (χ0) is 7.61. The molecule has 0 fully saturated rings. The van der Waals surface area contributed by atoms with E-state index in [0.717, 1.165) is 0 Å². The van der Waals surface area contributed by atoms with Crippen molar-refractivity contribution in [1.29, 1.82) is 0 Å². The van der Waals surface area contributed by atoms with E-state index in [0.29, 0.717) is 0 Å². The van der Waals surface area contributed by atoms with Crippen molar-refractivity contribution >= 4 is 19.8 Å². The Kier molecular flexibility index (Phi) is 2.64. The van der Waals surface area contributed by atoms with Crippen molar-refractivity contribution in [2.45, 2.75) is 32.5 Å². The highest BCUT2D eigenvalue weighted by atomic mass is 32.2. The highest BCUT2D eigenvalue weighted by molar-refractivity contribution is 8.05. The first-order chi connectivity index (χ1) is 4.61. The van der Waals surface area contributed by atoms with Crippen LogP contribution in [-0.4, -0.2) is 13.8 Å². The first-order valence-corrected chi connectivity index (χ1v) is 8.43. The number of thioether (sulfide) groups is 1. The molecule has 0 saturated heterocycles. The van der Waals surface area contributed by atoms with Crippen LogP contribution < -0.4 is 0 Å². The van der Waals surface area contributed by atoms with Crippen molar-refractivity contribution in [3.05, 3.63) is 10.6 Å². The fraction of sp³-hybridized carbons (Fsp3) is 0.750. The summed E-state index contributed by atoms with van der Waals surface area (Å²) in [4.78, 5) is 0. The summed E-state index contributed by atoms with van der Waals surface area (Å²) in [7, 11) is -0.932. The topological polar surface area (TPSA) is 0 Å². The maximum atomic E-state index is 2.46. The zero-order valence-corrected chi connectivity index (χ0v) is 8.92. The molecule has 1 heterocycles. The largest absolute Gasteiger partial charge is 0.136 e. The molecule has 0 N–H and O–H groups in total. The lowest BCUT2D eigenvalue weighted by Crippen LogP contribution is -2.23. The summed E-state index contributed by atoms with van der Waals surface area (Å²) in [6.45, 7) is 7.28. The minimum atomic E-state index is -0.932. The van der Waals surface area contributed by atoms with Gasteiger partial charge >= 0.3 is 0 Å². The third-order valence-electron chi connectivity index (χ3n) is 1.67. The lowest BCUT2D eigenvalue weighted by molar-refractivity contribution is 0.962. The summed E-state index contributed by atoms with van der Waals surface area (Å²) >= 11 is 2.09. The summed E-state index contributed by atoms with van der Waals surface area (Å²) < 4.78 is 1.72. The maximum Gasteiger partial charge on any atom is 0.0853 e. The average Bonchev–Trinajstić information content (AvgIpc) is 1.88. The molecule has 0 aliphatic carbocycles. The predicted octanol–water partition coefficient (Wildman–Crippen LogP) is 3.27. The van der Waals surface area contributed by atoms with Gasteiger partial charge in [0.1, 0.15) is 0 Å². The van der Waals surface area contributed by atoms with E-state index in [1.807, 2.05) is 0 Å². The molecule has 0 nitrogen and oxygen atoms in total. The Morgan fingerprint density at radius 2 is 2.10 bits per heavy atom. The molecule has 0 unspecified atom stereocenters. The van der Waals surface area contributed by atoms with Crippen LogP contribution in [0.15, 0.2) is 10.6 Å². The Morgan fingerprint density at radius 3 is 2.40 bits per heavy atom. The lowest BCUT2D eigenvalue weighted by atomic mass is 10.3. The first kappa shape index (κ1) is 8.40. The molecule has 0 radical (unpaired) electrons. The third kappa shape index (κ3) is 2.17. The molecule has 0 saturated carbocycles. The standard InChI is InChI=1S/C8H16SSi/c1-10(2,3)8-6-4-5-7-9-8/h6H,4-5,7H2,1-3H3. The number of rotatable bonds is 1. The van der Waals surface area contributed by atoms with Gasteiger partial charge in [0.15, 0.2) is 0 Å². The van der Waals surface area contributed by atoms with Gasteiger partial charge in [0.25, 0.3) is 0 Å². The Labute approximate surface area is 69.1 Å². The molecule has 58 valence electrons. The van der Waals surface area contributed by atoms with Crippen LogP contribution in [0.3, 0.4) is 0 Å². The molecule has 0 spiro atoms. The van der Waals surface area contributed by atoms with Gasteiger partial charge < -0.3 is 0 Å². The quantitative estimate of drug-likeness (QED) is 0.547. The molecule has 1 aliphatic rings. The van der Waals surface area contributed by atoms with Crippen molar-refractivity contribution in [2.75, 3.05) is 5.75 Å². The SMILES string of the molecule is C[Si](C)(C)C1=CCCCS1. The number of hydrogen-bond donors (Lipinski definition) is 0. The number of hydrogen-bond acceptors (Lipinski definition) is 1. The molecule has 0 aromatic heterocycles. The van der Waals surface area contributed by atoms with E-state index in [2.05, 4.69) is 37.5 Å². The Morgan fingerprint density at radius 1 is 1.40 bits per heavy atom. The summed E-state index contributed by atoms with van der Waals surface area (Å²) in [5, 5.41) is 0. The van der Waals surface area contributed by atoms with Gasteiger partial charge in [-0.3, -0.25) is 0 Å². The van der Waals surface area contributed by atoms with Gasteiger partial charge in [-0.1, -0.05) is 25.7 Å². The van der Waals surface area contributed by atoms with E-state index in [1.165, 1.54) is 18.6 Å². The van der Waals surface area contributed by atoms with E-state index in [4.69, 9.17) is 0 Å². The minimum absolute atomic E-state index is 0.932. The van der Waals surface area contributed by atoms with Gasteiger partial charge in [-0.25, -0.2) is 0 Å². The van der Waals surface area contributed by atoms with Crippen LogP contribution in [0, 0.1) is 0 Å². The fourth-order valence-corrected chi connectivity index (χ4v) is 4.64. The Balaban J connectivity index is 2.62. The molecule has 0 atom stereocenters. The smallest absolute Gasteiger partial charge is 0.0853 e. The predicted molar refractivity (Wildman–Crippen MR) is 53.1 cm³/mol. The van der Waals surface area contributed by atoms with Gasteiger partial charge in [-0.2, -0.15) is 0 Å². The van der Waals surface area contributed by atoms with E-state index >= 15 is 0 Å². The number of allylic oxidation sites excluding steroid dienone is 1. The summed E-state index contributed by atoms with van der Waals surface area (Å²) in [6.07, 6.45) is 5.17. The second-order valence-corrected chi connectivity index (χ2v) is 10.3. The Hall–Kier alpha value is 0.307. The summed E-state index contributed by atoms with van der Waals surface area (Å²) in [6, 6.07) is 0. The van der Waals surface area contributed by atoms with Gasteiger partial charge in [-0.15, -0.1) is 11.8 Å². The van der Waals surface area contributed by atoms with Gasteiger partial charge in [-0.05, 0) is 23.1 Å². The van der Waals surface area contributed by atoms with E-state index in [9.17, 15) is 0 Å². The van der Waals surface area contributed by atoms with Crippen LogP contribution >= 0.6 is 11.8 Å². The molecular weight excluding hydrogens is 156 g/mol. The average molecular weight is 172 g/mol. The van der Waals surface area contributed by atoms with E-state index in [-0.39, 0.29) is 0 Å². The summed E-state index contributed by atoms with van der Waals surface area (Å²) in [5.41, 5.74) is 0. The highest BCUT2D eigenvalue weighted by Crippen LogP contribution is 2.31. The van der Waals surface area contributed by atoms with Crippen LogP contribution in [0.4, 0.5) is 0 Å². The maximum absolute atomic E-state index is 2.46. The minimum Gasteiger partial charge on any atom is -0.136 e. The third-order valence-corrected chi connectivity index (χ3v) is 6.60. The van der Waals surface area contributed by atoms with Crippen LogP contribution in [-0.2, 0) is 0 Å². The van der Waals surface area contributed by atoms with Gasteiger partial charge in [0.2, 0.25) is 0 Å². The molecule has 0 amide bonds. The summed E-state index contributed by atoms with van der Waals surface area (Å²) in [5.74, 6) is 1.36. The van der Waals surface area contributed by atoms with Crippen LogP contribution in [0.25, 0.3) is 0 Å². The molecule has 1 aliphatic heterocycles. The molecule has 0 bridgehead atoms. The lowest BCUT2D eigenvalue weighted by Gasteiger charge is -2.23. The van der Waals surface area contributed by atoms with E-state index < -0.39 is 8.07 Å². The highest BCUT2D eigenvalue weighted by Gasteiger charge is 2.20. The normalized spacial score (nSPS) is 20.5. The Bertz CT molecular complexity index is 144. The molecular formula is C8H16SSi.